The van der Waals surface area contributed by atoms with Crippen molar-refractivity contribution < 1.29 is 18.9 Å². The van der Waals surface area contributed by atoms with E-state index in [9.17, 15) is 0 Å². The molecule has 2 aromatic heterocycles. The van der Waals surface area contributed by atoms with Crippen molar-refractivity contribution in [3.8, 4) is 5.88 Å². The van der Waals surface area contributed by atoms with E-state index in [0.717, 1.165) is 70.3 Å². The first-order valence-corrected chi connectivity index (χ1v) is 14.0. The van der Waals surface area contributed by atoms with Crippen LogP contribution in [0.4, 0.5) is 11.6 Å². The fourth-order valence-electron chi connectivity index (χ4n) is 5.76. The van der Waals surface area contributed by atoms with E-state index < -0.39 is 0 Å². The topological polar surface area (TPSA) is 95.8 Å². The Labute approximate surface area is 220 Å². The zero-order valence-electron chi connectivity index (χ0n) is 22.4. The molecule has 2 aromatic rings. The maximum Gasteiger partial charge on any atom is 0.257 e. The summed E-state index contributed by atoms with van der Waals surface area (Å²) in [6, 6.07) is 2.75. The summed E-state index contributed by atoms with van der Waals surface area (Å²) in [5.41, 5.74) is 0.769. The molecule has 0 bridgehead atoms. The van der Waals surface area contributed by atoms with E-state index in [0.29, 0.717) is 42.7 Å². The highest BCUT2D eigenvalue weighted by Gasteiger charge is 2.32. The average Bonchev–Trinajstić information content (AvgIpc) is 3.30. The lowest BCUT2D eigenvalue weighted by atomic mass is 9.89. The molecule has 0 spiro atoms. The smallest absolute Gasteiger partial charge is 0.257 e. The summed E-state index contributed by atoms with van der Waals surface area (Å²) in [5, 5.41) is 8.16. The van der Waals surface area contributed by atoms with E-state index in [1.54, 1.807) is 18.5 Å². The predicted molar refractivity (Wildman–Crippen MR) is 140 cm³/mol. The third kappa shape index (κ3) is 7.19. The second-order valence-corrected chi connectivity index (χ2v) is 10.8. The van der Waals surface area contributed by atoms with Gasteiger partial charge in [-0.15, -0.1) is 5.10 Å². The summed E-state index contributed by atoms with van der Waals surface area (Å²) in [4.78, 5) is 11.3. The molecule has 1 aliphatic carbocycles. The Morgan fingerprint density at radius 2 is 1.76 bits per heavy atom. The van der Waals surface area contributed by atoms with Crippen LogP contribution in [0.5, 0.6) is 5.88 Å². The van der Waals surface area contributed by atoms with Crippen molar-refractivity contribution in [1.29, 1.82) is 0 Å². The quantitative estimate of drug-likeness (QED) is 0.525. The summed E-state index contributed by atoms with van der Waals surface area (Å²) >= 11 is 0. The molecule has 37 heavy (non-hydrogen) atoms. The molecule has 4 heterocycles. The molecule has 10 heteroatoms. The van der Waals surface area contributed by atoms with Gasteiger partial charge in [0.15, 0.2) is 6.29 Å². The molecule has 0 amide bonds. The van der Waals surface area contributed by atoms with Gasteiger partial charge in [0, 0.05) is 38.1 Å². The highest BCUT2D eigenvalue weighted by atomic mass is 16.7. The Hall–Kier alpha value is -2.27. The predicted octanol–water partition coefficient (Wildman–Crippen LogP) is 4.32. The second kappa shape index (κ2) is 12.5. The minimum atomic E-state index is -0.146. The number of nitrogens with zero attached hydrogens (tertiary/aromatic N) is 5. The lowest BCUT2D eigenvalue weighted by Crippen LogP contribution is -2.51. The molecule has 0 radical (unpaired) electrons. The van der Waals surface area contributed by atoms with Gasteiger partial charge in [0.05, 0.1) is 30.6 Å². The molecule has 2 saturated heterocycles. The zero-order valence-corrected chi connectivity index (χ0v) is 22.4. The number of ether oxygens (including phenoxy) is 4. The van der Waals surface area contributed by atoms with Crippen molar-refractivity contribution in [3.63, 3.8) is 0 Å². The van der Waals surface area contributed by atoms with Crippen LogP contribution in [-0.4, -0.2) is 81.6 Å². The molecule has 3 aliphatic rings. The van der Waals surface area contributed by atoms with E-state index in [1.807, 2.05) is 13.1 Å². The van der Waals surface area contributed by atoms with Gasteiger partial charge in [-0.1, -0.05) is 0 Å². The Kier molecular flexibility index (Phi) is 8.91. The Morgan fingerprint density at radius 3 is 2.46 bits per heavy atom. The SMILES string of the molecule is C[C@H](COc1nn(C2CCC(N3C[C@@H](C)O[C@@H](C)C3)CC2)cc1Nc1ncccn1)OC1CCCCO1. The first-order valence-electron chi connectivity index (χ1n) is 14.0. The number of rotatable bonds is 9. The van der Waals surface area contributed by atoms with Gasteiger partial charge < -0.3 is 24.3 Å². The van der Waals surface area contributed by atoms with Crippen LogP contribution in [0.2, 0.25) is 0 Å². The highest BCUT2D eigenvalue weighted by Crippen LogP contribution is 2.35. The molecule has 0 aromatic carbocycles. The molecule has 1 N–H and O–H groups in total. The fourth-order valence-corrected chi connectivity index (χ4v) is 5.76. The van der Waals surface area contributed by atoms with Gasteiger partial charge in [-0.05, 0) is 71.8 Å². The van der Waals surface area contributed by atoms with Crippen molar-refractivity contribution in [3.05, 3.63) is 24.7 Å². The third-order valence-corrected chi connectivity index (χ3v) is 7.49. The summed E-state index contributed by atoms with van der Waals surface area (Å²) in [7, 11) is 0. The van der Waals surface area contributed by atoms with Crippen LogP contribution in [0.15, 0.2) is 24.7 Å². The molecule has 1 saturated carbocycles. The number of morpholine rings is 1. The molecule has 2 aliphatic heterocycles. The summed E-state index contributed by atoms with van der Waals surface area (Å²) in [6.07, 6.45) is 13.5. The average molecular weight is 515 g/mol. The second-order valence-electron chi connectivity index (χ2n) is 10.8. The Morgan fingerprint density at radius 1 is 1.03 bits per heavy atom. The normalized spacial score (nSPS) is 30.1. The van der Waals surface area contributed by atoms with Gasteiger partial charge in [-0.3, -0.25) is 9.58 Å². The fraction of sp³-hybridized carbons (Fsp3) is 0.741. The van der Waals surface area contributed by atoms with E-state index in [2.05, 4.69) is 38.7 Å². The molecule has 3 fully saturated rings. The molecule has 4 atom stereocenters. The van der Waals surface area contributed by atoms with Crippen LogP contribution >= 0.6 is 0 Å². The molecule has 5 rings (SSSR count). The number of hydrogen-bond acceptors (Lipinski definition) is 9. The van der Waals surface area contributed by atoms with Crippen molar-refractivity contribution in [2.24, 2.45) is 0 Å². The maximum absolute atomic E-state index is 6.17. The molecule has 10 nitrogen and oxygen atoms in total. The van der Waals surface area contributed by atoms with Gasteiger partial charge in [-0.25, -0.2) is 9.97 Å². The van der Waals surface area contributed by atoms with E-state index in [1.165, 1.54) is 0 Å². The van der Waals surface area contributed by atoms with Crippen LogP contribution < -0.4 is 10.1 Å². The van der Waals surface area contributed by atoms with Crippen LogP contribution in [0, 0.1) is 0 Å². The largest absolute Gasteiger partial charge is 0.472 e. The number of hydrogen-bond donors (Lipinski definition) is 1. The van der Waals surface area contributed by atoms with Gasteiger partial charge in [0.25, 0.3) is 5.88 Å². The standard InChI is InChI=1S/C27H42N6O4/c1-19-15-32(16-20(2)36-19)22-8-10-23(11-9-22)33-17-24(30-27-28-12-6-13-29-27)26(31-33)35-18-21(3)37-25-7-4-5-14-34-25/h6,12-13,17,19-23,25H,4-5,7-11,14-16,18H2,1-3H3,(H,28,29,30)/t19-,20+,21-,22?,23?,25?/m1/s1. The van der Waals surface area contributed by atoms with Crippen LogP contribution in [0.3, 0.4) is 0 Å². The molecule has 1 unspecified atom stereocenters. The first-order chi connectivity index (χ1) is 18.0. The number of aromatic nitrogens is 4. The van der Waals surface area contributed by atoms with Crippen molar-refractivity contribution in [2.45, 2.75) is 102 Å². The van der Waals surface area contributed by atoms with Gasteiger partial charge in [0.1, 0.15) is 12.3 Å². The highest BCUT2D eigenvalue weighted by molar-refractivity contribution is 5.58. The first kappa shape index (κ1) is 26.3. The van der Waals surface area contributed by atoms with Crippen LogP contribution in [0.25, 0.3) is 0 Å². The number of nitrogens with one attached hydrogen (secondary N) is 1. The summed E-state index contributed by atoms with van der Waals surface area (Å²) in [5.74, 6) is 1.07. The van der Waals surface area contributed by atoms with Crippen LogP contribution in [-0.2, 0) is 14.2 Å². The minimum absolute atomic E-state index is 0.109. The Balaban J connectivity index is 1.22. The van der Waals surface area contributed by atoms with E-state index in [4.69, 9.17) is 24.0 Å². The molecular weight excluding hydrogens is 472 g/mol. The summed E-state index contributed by atoms with van der Waals surface area (Å²) < 4.78 is 25.9. The van der Waals surface area contributed by atoms with Crippen molar-refractivity contribution in [2.75, 3.05) is 31.6 Å². The van der Waals surface area contributed by atoms with Gasteiger partial charge in [0.2, 0.25) is 5.95 Å². The maximum atomic E-state index is 6.17. The summed E-state index contributed by atoms with van der Waals surface area (Å²) in [6.45, 7) is 9.57. The lowest BCUT2D eigenvalue weighted by Gasteiger charge is -2.42. The lowest BCUT2D eigenvalue weighted by molar-refractivity contribution is -0.189. The number of anilines is 2. The monoisotopic (exact) mass is 514 g/mol. The molecular formula is C27H42N6O4. The Bertz CT molecular complexity index is 951. The minimum Gasteiger partial charge on any atom is -0.472 e. The zero-order chi connectivity index (χ0) is 25.6. The molecule has 204 valence electrons. The third-order valence-electron chi connectivity index (χ3n) is 7.49. The van der Waals surface area contributed by atoms with Crippen molar-refractivity contribution >= 4 is 11.6 Å². The van der Waals surface area contributed by atoms with Crippen LogP contribution in [0.1, 0.15) is 71.8 Å². The van der Waals surface area contributed by atoms with E-state index >= 15 is 0 Å². The van der Waals surface area contributed by atoms with E-state index in [-0.39, 0.29) is 12.4 Å². The van der Waals surface area contributed by atoms with Crippen molar-refractivity contribution in [1.82, 2.24) is 24.6 Å². The van der Waals surface area contributed by atoms with Gasteiger partial charge in [-0.2, -0.15) is 0 Å². The van der Waals surface area contributed by atoms with Gasteiger partial charge >= 0.3 is 0 Å².